The Morgan fingerprint density at radius 1 is 1.24 bits per heavy atom. The standard InChI is InChI=1S/C15H21NO/c17-15(8-4-9-15)14-7-10-16(12-14)11-13-5-2-1-3-6-13/h1-3,5-6,14,17H,4,7-12H2/t14-/m0/s1. The second-order valence-corrected chi connectivity index (χ2v) is 5.66. The molecule has 1 aliphatic carbocycles. The Labute approximate surface area is 103 Å². The smallest absolute Gasteiger partial charge is 0.0688 e. The van der Waals surface area contributed by atoms with E-state index in [2.05, 4.69) is 35.2 Å². The highest BCUT2D eigenvalue weighted by Gasteiger charge is 2.44. The van der Waals surface area contributed by atoms with E-state index in [4.69, 9.17) is 0 Å². The van der Waals surface area contributed by atoms with Gasteiger partial charge in [-0.3, -0.25) is 4.90 Å². The third-order valence-corrected chi connectivity index (χ3v) is 4.50. The molecule has 1 saturated carbocycles. The van der Waals surface area contributed by atoms with Crippen LogP contribution >= 0.6 is 0 Å². The molecule has 0 amide bonds. The van der Waals surface area contributed by atoms with E-state index in [-0.39, 0.29) is 5.60 Å². The van der Waals surface area contributed by atoms with Gasteiger partial charge in [-0.1, -0.05) is 30.3 Å². The number of hydrogen-bond donors (Lipinski definition) is 1. The van der Waals surface area contributed by atoms with E-state index < -0.39 is 0 Å². The summed E-state index contributed by atoms with van der Waals surface area (Å²) in [6.45, 7) is 3.25. The van der Waals surface area contributed by atoms with Gasteiger partial charge in [-0.2, -0.15) is 0 Å². The van der Waals surface area contributed by atoms with Crippen molar-refractivity contribution in [2.45, 2.75) is 37.8 Å². The molecule has 1 atom stereocenters. The van der Waals surface area contributed by atoms with Crippen LogP contribution in [0.5, 0.6) is 0 Å². The Morgan fingerprint density at radius 2 is 2.00 bits per heavy atom. The van der Waals surface area contributed by atoms with Crippen LogP contribution < -0.4 is 0 Å². The van der Waals surface area contributed by atoms with E-state index in [1.165, 1.54) is 18.4 Å². The van der Waals surface area contributed by atoms with Crippen LogP contribution in [-0.4, -0.2) is 28.7 Å². The summed E-state index contributed by atoms with van der Waals surface area (Å²) >= 11 is 0. The van der Waals surface area contributed by atoms with Gasteiger partial charge < -0.3 is 5.11 Å². The van der Waals surface area contributed by atoms with Gasteiger partial charge in [-0.05, 0) is 37.8 Å². The number of benzene rings is 1. The number of aliphatic hydroxyl groups is 1. The maximum atomic E-state index is 10.4. The van der Waals surface area contributed by atoms with Gasteiger partial charge in [0.25, 0.3) is 0 Å². The molecule has 1 aromatic rings. The molecule has 17 heavy (non-hydrogen) atoms. The zero-order chi connectivity index (χ0) is 11.7. The van der Waals surface area contributed by atoms with Crippen molar-refractivity contribution in [3.8, 4) is 0 Å². The molecule has 92 valence electrons. The normalized spacial score (nSPS) is 27.9. The fourth-order valence-corrected chi connectivity index (χ4v) is 3.20. The molecule has 1 heterocycles. The molecular formula is C15H21NO. The van der Waals surface area contributed by atoms with E-state index in [0.717, 1.165) is 32.5 Å². The summed E-state index contributed by atoms with van der Waals surface area (Å²) in [7, 11) is 0. The Kier molecular flexibility index (Phi) is 2.93. The molecule has 2 fully saturated rings. The predicted octanol–water partition coefficient (Wildman–Crippen LogP) is 2.42. The molecule has 0 bridgehead atoms. The van der Waals surface area contributed by atoms with E-state index in [1.807, 2.05) is 0 Å². The molecular weight excluding hydrogens is 210 g/mol. The van der Waals surface area contributed by atoms with Crippen LogP contribution in [0.3, 0.4) is 0 Å². The van der Waals surface area contributed by atoms with Crippen LogP contribution in [0.4, 0.5) is 0 Å². The molecule has 0 unspecified atom stereocenters. The van der Waals surface area contributed by atoms with Crippen LogP contribution in [0.2, 0.25) is 0 Å². The molecule has 1 aliphatic heterocycles. The highest BCUT2D eigenvalue weighted by molar-refractivity contribution is 5.14. The van der Waals surface area contributed by atoms with Crippen molar-refractivity contribution in [2.24, 2.45) is 5.92 Å². The lowest BCUT2D eigenvalue weighted by Crippen LogP contribution is -2.45. The maximum absolute atomic E-state index is 10.4. The van der Waals surface area contributed by atoms with Crippen LogP contribution in [0, 0.1) is 5.92 Å². The maximum Gasteiger partial charge on any atom is 0.0688 e. The summed E-state index contributed by atoms with van der Waals surface area (Å²) in [5.74, 6) is 0.514. The first-order valence-corrected chi connectivity index (χ1v) is 6.75. The molecule has 1 saturated heterocycles. The Balaban J connectivity index is 1.57. The van der Waals surface area contributed by atoms with Crippen molar-refractivity contribution in [3.05, 3.63) is 35.9 Å². The van der Waals surface area contributed by atoms with Crippen molar-refractivity contribution >= 4 is 0 Å². The number of nitrogens with zero attached hydrogens (tertiary/aromatic N) is 1. The highest BCUT2D eigenvalue weighted by atomic mass is 16.3. The Bertz CT molecular complexity index is 372. The minimum Gasteiger partial charge on any atom is -0.390 e. The van der Waals surface area contributed by atoms with Crippen molar-refractivity contribution in [1.82, 2.24) is 4.90 Å². The first-order valence-electron chi connectivity index (χ1n) is 6.75. The molecule has 0 spiro atoms. The third-order valence-electron chi connectivity index (χ3n) is 4.50. The van der Waals surface area contributed by atoms with Gasteiger partial charge in [-0.15, -0.1) is 0 Å². The Morgan fingerprint density at radius 3 is 2.65 bits per heavy atom. The predicted molar refractivity (Wildman–Crippen MR) is 68.6 cm³/mol. The van der Waals surface area contributed by atoms with Gasteiger partial charge in [0.2, 0.25) is 0 Å². The fourth-order valence-electron chi connectivity index (χ4n) is 3.20. The average molecular weight is 231 g/mol. The van der Waals surface area contributed by atoms with E-state index in [0.29, 0.717) is 5.92 Å². The molecule has 0 aromatic heterocycles. The summed E-state index contributed by atoms with van der Waals surface area (Å²) in [6, 6.07) is 10.6. The van der Waals surface area contributed by atoms with E-state index >= 15 is 0 Å². The highest BCUT2D eigenvalue weighted by Crippen LogP contribution is 2.42. The largest absolute Gasteiger partial charge is 0.390 e. The van der Waals surface area contributed by atoms with E-state index in [1.54, 1.807) is 0 Å². The topological polar surface area (TPSA) is 23.5 Å². The number of likely N-dealkylation sites (tertiary alicyclic amines) is 1. The number of hydrogen-bond acceptors (Lipinski definition) is 2. The summed E-state index contributed by atoms with van der Waals surface area (Å²) in [5, 5.41) is 10.4. The first-order chi connectivity index (χ1) is 8.26. The molecule has 3 rings (SSSR count). The minimum absolute atomic E-state index is 0.314. The summed E-state index contributed by atoms with van der Waals surface area (Å²) < 4.78 is 0. The third kappa shape index (κ3) is 2.24. The van der Waals surface area contributed by atoms with Crippen LogP contribution in [-0.2, 0) is 6.54 Å². The van der Waals surface area contributed by atoms with Crippen LogP contribution in [0.15, 0.2) is 30.3 Å². The quantitative estimate of drug-likeness (QED) is 0.863. The lowest BCUT2D eigenvalue weighted by Gasteiger charge is -2.41. The summed E-state index contributed by atoms with van der Waals surface area (Å²) in [5.41, 5.74) is 1.07. The van der Waals surface area contributed by atoms with Crippen molar-refractivity contribution in [1.29, 1.82) is 0 Å². The average Bonchev–Trinajstić information content (AvgIpc) is 2.76. The SMILES string of the molecule is OC1([C@H]2CCN(Cc3ccccc3)C2)CCC1. The molecule has 2 aliphatic rings. The lowest BCUT2D eigenvalue weighted by molar-refractivity contribution is -0.0798. The van der Waals surface area contributed by atoms with Crippen molar-refractivity contribution < 1.29 is 5.11 Å². The van der Waals surface area contributed by atoms with Crippen LogP contribution in [0.1, 0.15) is 31.2 Å². The number of rotatable bonds is 3. The zero-order valence-electron chi connectivity index (χ0n) is 10.3. The van der Waals surface area contributed by atoms with Crippen LogP contribution in [0.25, 0.3) is 0 Å². The molecule has 2 nitrogen and oxygen atoms in total. The van der Waals surface area contributed by atoms with Crippen molar-refractivity contribution in [2.75, 3.05) is 13.1 Å². The lowest BCUT2D eigenvalue weighted by atomic mass is 9.71. The minimum atomic E-state index is -0.314. The molecule has 0 radical (unpaired) electrons. The fraction of sp³-hybridized carbons (Fsp3) is 0.600. The van der Waals surface area contributed by atoms with Crippen molar-refractivity contribution in [3.63, 3.8) is 0 Å². The van der Waals surface area contributed by atoms with Gasteiger partial charge in [0.1, 0.15) is 0 Å². The second kappa shape index (κ2) is 4.43. The van der Waals surface area contributed by atoms with Gasteiger partial charge >= 0.3 is 0 Å². The molecule has 1 aromatic carbocycles. The van der Waals surface area contributed by atoms with Gasteiger partial charge in [0.05, 0.1) is 5.60 Å². The zero-order valence-corrected chi connectivity index (χ0v) is 10.3. The van der Waals surface area contributed by atoms with Gasteiger partial charge in [0.15, 0.2) is 0 Å². The first kappa shape index (κ1) is 11.2. The summed E-state index contributed by atoms with van der Waals surface area (Å²) in [4.78, 5) is 2.48. The second-order valence-electron chi connectivity index (χ2n) is 5.66. The van der Waals surface area contributed by atoms with Gasteiger partial charge in [0, 0.05) is 19.0 Å². The van der Waals surface area contributed by atoms with E-state index in [9.17, 15) is 5.11 Å². The monoisotopic (exact) mass is 231 g/mol. The summed E-state index contributed by atoms with van der Waals surface area (Å²) in [6.07, 6.45) is 4.43. The van der Waals surface area contributed by atoms with Gasteiger partial charge in [-0.25, -0.2) is 0 Å². The Hall–Kier alpha value is -0.860. The molecule has 1 N–H and O–H groups in total. The molecule has 2 heteroatoms.